The standard InChI is InChI=1S/C23H24N4O2S2/c1-15-4-6-18(7-5-15)26-21(28)13-30-14-22(29)27-19-8-10-20(11-9-19)31-23-24-16(2)12-17(3)25-23/h4-12H,13-14H2,1-3H3,(H,26,28)(H,27,29). The summed E-state index contributed by atoms with van der Waals surface area (Å²) in [4.78, 5) is 34.0. The summed E-state index contributed by atoms with van der Waals surface area (Å²) < 4.78 is 0. The van der Waals surface area contributed by atoms with E-state index in [4.69, 9.17) is 0 Å². The summed E-state index contributed by atoms with van der Waals surface area (Å²) in [5, 5.41) is 6.37. The monoisotopic (exact) mass is 452 g/mol. The molecule has 0 radical (unpaired) electrons. The molecular weight excluding hydrogens is 428 g/mol. The average Bonchev–Trinajstić information content (AvgIpc) is 2.70. The number of nitrogens with one attached hydrogen (secondary N) is 2. The number of rotatable bonds is 8. The van der Waals surface area contributed by atoms with Crippen LogP contribution in [0, 0.1) is 20.8 Å². The molecule has 2 N–H and O–H groups in total. The minimum absolute atomic E-state index is 0.128. The van der Waals surface area contributed by atoms with Crippen molar-refractivity contribution in [3.05, 3.63) is 71.5 Å². The third-order valence-electron chi connectivity index (χ3n) is 4.11. The Balaban J connectivity index is 1.41. The third-order valence-corrected chi connectivity index (χ3v) is 5.92. The molecule has 160 valence electrons. The summed E-state index contributed by atoms with van der Waals surface area (Å²) >= 11 is 2.75. The Labute approximate surface area is 190 Å². The molecule has 0 saturated carbocycles. The lowest BCUT2D eigenvalue weighted by molar-refractivity contribution is -0.114. The highest BCUT2D eigenvalue weighted by molar-refractivity contribution is 8.00. The highest BCUT2D eigenvalue weighted by Crippen LogP contribution is 2.26. The highest BCUT2D eigenvalue weighted by Gasteiger charge is 2.08. The Morgan fingerprint density at radius 1 is 0.774 bits per heavy atom. The van der Waals surface area contributed by atoms with Crippen LogP contribution in [-0.4, -0.2) is 33.3 Å². The molecule has 0 aliphatic carbocycles. The molecule has 0 aliphatic heterocycles. The van der Waals surface area contributed by atoms with E-state index in [0.29, 0.717) is 10.8 Å². The molecule has 0 aliphatic rings. The smallest absolute Gasteiger partial charge is 0.234 e. The number of aromatic nitrogens is 2. The molecule has 0 fully saturated rings. The van der Waals surface area contributed by atoms with Crippen LogP contribution in [-0.2, 0) is 9.59 Å². The van der Waals surface area contributed by atoms with E-state index >= 15 is 0 Å². The van der Waals surface area contributed by atoms with Gasteiger partial charge in [-0.3, -0.25) is 9.59 Å². The fraction of sp³-hybridized carbons (Fsp3) is 0.217. The molecular formula is C23H24N4O2S2. The highest BCUT2D eigenvalue weighted by atomic mass is 32.2. The largest absolute Gasteiger partial charge is 0.325 e. The molecule has 31 heavy (non-hydrogen) atoms. The van der Waals surface area contributed by atoms with Crippen molar-refractivity contribution in [3.63, 3.8) is 0 Å². The van der Waals surface area contributed by atoms with Gasteiger partial charge in [-0.2, -0.15) is 0 Å². The van der Waals surface area contributed by atoms with E-state index in [0.717, 1.165) is 27.5 Å². The van der Waals surface area contributed by atoms with Gasteiger partial charge in [0.05, 0.1) is 11.5 Å². The summed E-state index contributed by atoms with van der Waals surface area (Å²) in [6.45, 7) is 5.88. The van der Waals surface area contributed by atoms with Crippen LogP contribution in [0.25, 0.3) is 0 Å². The van der Waals surface area contributed by atoms with Gasteiger partial charge in [0.15, 0.2) is 5.16 Å². The maximum Gasteiger partial charge on any atom is 0.234 e. The number of nitrogens with zero attached hydrogens (tertiary/aromatic N) is 2. The third kappa shape index (κ3) is 7.73. The minimum Gasteiger partial charge on any atom is -0.325 e. The van der Waals surface area contributed by atoms with Crippen LogP contribution in [0.4, 0.5) is 11.4 Å². The molecule has 3 aromatic rings. The first-order valence-electron chi connectivity index (χ1n) is 9.72. The second-order valence-electron chi connectivity index (χ2n) is 7.01. The summed E-state index contributed by atoms with van der Waals surface area (Å²) in [5.74, 6) is 0.143. The number of carbonyl (C=O) groups is 2. The van der Waals surface area contributed by atoms with Gasteiger partial charge >= 0.3 is 0 Å². The van der Waals surface area contributed by atoms with Crippen LogP contribution >= 0.6 is 23.5 Å². The van der Waals surface area contributed by atoms with Gasteiger partial charge < -0.3 is 10.6 Å². The van der Waals surface area contributed by atoms with Crippen molar-refractivity contribution in [2.24, 2.45) is 0 Å². The van der Waals surface area contributed by atoms with Gasteiger partial charge in [-0.25, -0.2) is 9.97 Å². The molecule has 2 aromatic carbocycles. The van der Waals surface area contributed by atoms with Crippen molar-refractivity contribution in [2.75, 3.05) is 22.1 Å². The number of amides is 2. The van der Waals surface area contributed by atoms with Crippen molar-refractivity contribution in [2.45, 2.75) is 30.8 Å². The molecule has 8 heteroatoms. The zero-order valence-electron chi connectivity index (χ0n) is 17.6. The number of thioether (sulfide) groups is 1. The van der Waals surface area contributed by atoms with E-state index in [2.05, 4.69) is 20.6 Å². The molecule has 0 atom stereocenters. The Kier molecular flexibility index (Phi) is 8.08. The van der Waals surface area contributed by atoms with Crippen LogP contribution in [0.15, 0.2) is 64.6 Å². The van der Waals surface area contributed by atoms with Crippen LogP contribution < -0.4 is 10.6 Å². The number of anilines is 2. The fourth-order valence-corrected chi connectivity index (χ4v) is 4.20. The van der Waals surface area contributed by atoms with E-state index in [1.807, 2.05) is 75.4 Å². The van der Waals surface area contributed by atoms with Crippen molar-refractivity contribution < 1.29 is 9.59 Å². The Morgan fingerprint density at radius 2 is 1.26 bits per heavy atom. The zero-order chi connectivity index (χ0) is 22.2. The molecule has 0 saturated heterocycles. The normalized spacial score (nSPS) is 10.5. The number of hydrogen-bond acceptors (Lipinski definition) is 6. The van der Waals surface area contributed by atoms with Gasteiger partial charge in [0, 0.05) is 27.7 Å². The van der Waals surface area contributed by atoms with Crippen LogP contribution in [0.5, 0.6) is 0 Å². The topological polar surface area (TPSA) is 84.0 Å². The van der Waals surface area contributed by atoms with Crippen molar-refractivity contribution in [1.82, 2.24) is 9.97 Å². The molecule has 2 amide bonds. The van der Waals surface area contributed by atoms with Gasteiger partial charge in [0.1, 0.15) is 0 Å². The molecule has 3 rings (SSSR count). The Hall–Kier alpha value is -2.84. The van der Waals surface area contributed by atoms with Crippen molar-refractivity contribution in [3.8, 4) is 0 Å². The van der Waals surface area contributed by atoms with Crippen LogP contribution in [0.3, 0.4) is 0 Å². The van der Waals surface area contributed by atoms with Crippen LogP contribution in [0.2, 0.25) is 0 Å². The lowest BCUT2D eigenvalue weighted by Gasteiger charge is -2.08. The molecule has 0 unspecified atom stereocenters. The van der Waals surface area contributed by atoms with E-state index < -0.39 is 0 Å². The quantitative estimate of drug-likeness (QED) is 0.475. The summed E-state index contributed by atoms with van der Waals surface area (Å²) in [6.07, 6.45) is 0. The number of carbonyl (C=O) groups excluding carboxylic acids is 2. The first kappa shape index (κ1) is 22.8. The van der Waals surface area contributed by atoms with E-state index in [9.17, 15) is 9.59 Å². The van der Waals surface area contributed by atoms with E-state index in [1.54, 1.807) is 0 Å². The van der Waals surface area contributed by atoms with Crippen LogP contribution in [0.1, 0.15) is 17.0 Å². The van der Waals surface area contributed by atoms with E-state index in [1.165, 1.54) is 23.5 Å². The first-order valence-corrected chi connectivity index (χ1v) is 11.7. The lowest BCUT2D eigenvalue weighted by atomic mass is 10.2. The second kappa shape index (κ2) is 11.0. The maximum atomic E-state index is 12.2. The SMILES string of the molecule is Cc1ccc(NC(=O)CSCC(=O)Nc2ccc(Sc3nc(C)cc(C)n3)cc2)cc1. The van der Waals surface area contributed by atoms with Crippen molar-refractivity contribution >= 4 is 46.7 Å². The molecule has 1 aromatic heterocycles. The number of aryl methyl sites for hydroxylation is 3. The average molecular weight is 453 g/mol. The predicted molar refractivity (Wildman–Crippen MR) is 128 cm³/mol. The Morgan fingerprint density at radius 3 is 1.77 bits per heavy atom. The van der Waals surface area contributed by atoms with Crippen molar-refractivity contribution in [1.29, 1.82) is 0 Å². The second-order valence-corrected chi connectivity index (χ2v) is 9.04. The summed E-state index contributed by atoms with van der Waals surface area (Å²) in [5.41, 5.74) is 4.47. The van der Waals surface area contributed by atoms with Gasteiger partial charge in [-0.15, -0.1) is 11.8 Å². The predicted octanol–water partition coefficient (Wildman–Crippen LogP) is 4.86. The fourth-order valence-electron chi connectivity index (χ4n) is 2.72. The first-order chi connectivity index (χ1) is 14.9. The van der Waals surface area contributed by atoms with E-state index in [-0.39, 0.29) is 23.3 Å². The van der Waals surface area contributed by atoms with Gasteiger partial charge in [-0.05, 0) is 75.0 Å². The summed E-state index contributed by atoms with van der Waals surface area (Å²) in [7, 11) is 0. The van der Waals surface area contributed by atoms with Gasteiger partial charge in [-0.1, -0.05) is 17.7 Å². The lowest BCUT2D eigenvalue weighted by Crippen LogP contribution is -2.18. The zero-order valence-corrected chi connectivity index (χ0v) is 19.3. The number of hydrogen-bond donors (Lipinski definition) is 2. The van der Waals surface area contributed by atoms with Gasteiger partial charge in [0.2, 0.25) is 11.8 Å². The molecule has 0 bridgehead atoms. The Bertz CT molecular complexity index is 1030. The number of benzene rings is 2. The summed E-state index contributed by atoms with van der Waals surface area (Å²) in [6, 6.07) is 17.1. The maximum absolute atomic E-state index is 12.2. The minimum atomic E-state index is -0.147. The molecule has 0 spiro atoms. The molecule has 6 nitrogen and oxygen atoms in total. The molecule has 1 heterocycles. The van der Waals surface area contributed by atoms with Gasteiger partial charge in [0.25, 0.3) is 0 Å².